The summed E-state index contributed by atoms with van der Waals surface area (Å²) in [6.07, 6.45) is 6.50. The minimum atomic E-state index is -0.0634. The van der Waals surface area contributed by atoms with Gasteiger partial charge in [-0.15, -0.1) is 12.4 Å². The molecule has 4 nitrogen and oxygen atoms in total. The van der Waals surface area contributed by atoms with Crippen molar-refractivity contribution in [2.24, 2.45) is 11.7 Å². The zero-order valence-corrected chi connectivity index (χ0v) is 15.2. The molecule has 0 heterocycles. The molecule has 134 valence electrons. The second-order valence-corrected chi connectivity index (χ2v) is 6.60. The third kappa shape index (κ3) is 6.25. The normalized spacial score (nSPS) is 16.1. The fraction of sp³-hybridized carbons (Fsp3) is 0.579. The minimum Gasteiger partial charge on any atom is -0.352 e. The Morgan fingerprint density at radius 1 is 1.12 bits per heavy atom. The van der Waals surface area contributed by atoms with Crippen molar-refractivity contribution in [3.8, 4) is 0 Å². The van der Waals surface area contributed by atoms with E-state index in [1.165, 1.54) is 19.3 Å². The maximum atomic E-state index is 12.1. The van der Waals surface area contributed by atoms with Crippen LogP contribution in [0.3, 0.4) is 0 Å². The number of nitrogens with one attached hydrogen (secondary N) is 1. The maximum absolute atomic E-state index is 12.1. The molecule has 1 unspecified atom stereocenters. The molecular weight excluding hydrogens is 324 g/mol. The summed E-state index contributed by atoms with van der Waals surface area (Å²) < 4.78 is 0. The summed E-state index contributed by atoms with van der Waals surface area (Å²) in [7, 11) is 0. The first-order chi connectivity index (χ1) is 11.1. The van der Waals surface area contributed by atoms with Crippen molar-refractivity contribution < 1.29 is 9.59 Å². The van der Waals surface area contributed by atoms with Crippen LogP contribution in [0.1, 0.15) is 60.9 Å². The maximum Gasteiger partial charge on any atom is 0.220 e. The molecule has 1 aromatic carbocycles. The SMILES string of the molecule is Cc1ccc(C(=O)CCC(=O)NC(CN)C2CCCCC2)cc1.Cl. The minimum absolute atomic E-state index is 0. The van der Waals surface area contributed by atoms with Crippen molar-refractivity contribution in [1.82, 2.24) is 5.32 Å². The van der Waals surface area contributed by atoms with Gasteiger partial charge in [-0.25, -0.2) is 0 Å². The number of amides is 1. The van der Waals surface area contributed by atoms with Crippen LogP contribution in [0.4, 0.5) is 0 Å². The first kappa shape index (κ1) is 20.7. The summed E-state index contributed by atoms with van der Waals surface area (Å²) in [5.74, 6) is 0.444. The van der Waals surface area contributed by atoms with Gasteiger partial charge in [-0.2, -0.15) is 0 Å². The molecule has 5 heteroatoms. The molecule has 1 aliphatic carbocycles. The zero-order valence-electron chi connectivity index (χ0n) is 14.4. The van der Waals surface area contributed by atoms with Crippen LogP contribution < -0.4 is 11.1 Å². The van der Waals surface area contributed by atoms with E-state index in [4.69, 9.17) is 5.73 Å². The van der Waals surface area contributed by atoms with Gasteiger partial charge in [0.05, 0.1) is 0 Å². The highest BCUT2D eigenvalue weighted by molar-refractivity contribution is 5.98. The number of nitrogens with two attached hydrogens (primary N) is 1. The number of benzene rings is 1. The molecule has 1 amide bonds. The first-order valence-electron chi connectivity index (χ1n) is 8.69. The lowest BCUT2D eigenvalue weighted by atomic mass is 9.84. The van der Waals surface area contributed by atoms with E-state index >= 15 is 0 Å². The summed E-state index contributed by atoms with van der Waals surface area (Å²) in [5.41, 5.74) is 7.63. The molecule has 1 aromatic rings. The summed E-state index contributed by atoms with van der Waals surface area (Å²) in [5, 5.41) is 3.04. The standard InChI is InChI=1S/C19H28N2O2.ClH/c1-14-7-9-16(10-8-14)18(22)11-12-19(23)21-17(13-20)15-5-3-2-4-6-15;/h7-10,15,17H,2-6,11-13,20H2,1H3,(H,21,23);1H. The van der Waals surface area contributed by atoms with E-state index in [-0.39, 0.29) is 43.0 Å². The lowest BCUT2D eigenvalue weighted by Gasteiger charge is -2.30. The van der Waals surface area contributed by atoms with E-state index in [9.17, 15) is 9.59 Å². The Bertz CT molecular complexity index is 525. The molecule has 0 radical (unpaired) electrons. The van der Waals surface area contributed by atoms with Gasteiger partial charge in [-0.1, -0.05) is 49.1 Å². The molecule has 0 bridgehead atoms. The molecule has 1 saturated carbocycles. The number of hydrogen-bond donors (Lipinski definition) is 2. The second kappa shape index (κ2) is 10.5. The van der Waals surface area contributed by atoms with E-state index in [2.05, 4.69) is 5.32 Å². The van der Waals surface area contributed by atoms with Crippen molar-refractivity contribution in [3.63, 3.8) is 0 Å². The molecule has 1 atom stereocenters. The number of carbonyl (C=O) groups excluding carboxylic acids is 2. The highest BCUT2D eigenvalue weighted by Crippen LogP contribution is 2.26. The van der Waals surface area contributed by atoms with Crippen LogP contribution >= 0.6 is 12.4 Å². The van der Waals surface area contributed by atoms with Gasteiger partial charge in [-0.05, 0) is 25.7 Å². The summed E-state index contributed by atoms with van der Waals surface area (Å²) in [6, 6.07) is 7.53. The molecule has 1 fully saturated rings. The Hall–Kier alpha value is -1.39. The monoisotopic (exact) mass is 352 g/mol. The Kier molecular flexibility index (Phi) is 9.01. The van der Waals surface area contributed by atoms with E-state index in [0.29, 0.717) is 18.0 Å². The van der Waals surface area contributed by atoms with Crippen molar-refractivity contribution in [2.75, 3.05) is 6.54 Å². The quantitative estimate of drug-likeness (QED) is 0.738. The molecule has 3 N–H and O–H groups in total. The number of Topliss-reactive ketones (excluding diaryl/α,β-unsaturated/α-hetero) is 1. The lowest BCUT2D eigenvalue weighted by molar-refractivity contribution is -0.122. The first-order valence-corrected chi connectivity index (χ1v) is 8.69. The van der Waals surface area contributed by atoms with Gasteiger partial charge in [0, 0.05) is 31.0 Å². The van der Waals surface area contributed by atoms with Crippen LogP contribution in [0, 0.1) is 12.8 Å². The Balaban J connectivity index is 0.00000288. The second-order valence-electron chi connectivity index (χ2n) is 6.60. The average molecular weight is 353 g/mol. The Morgan fingerprint density at radius 2 is 1.75 bits per heavy atom. The topological polar surface area (TPSA) is 72.2 Å². The van der Waals surface area contributed by atoms with Gasteiger partial charge < -0.3 is 11.1 Å². The summed E-state index contributed by atoms with van der Waals surface area (Å²) >= 11 is 0. The predicted octanol–water partition coefficient (Wildman–Crippen LogP) is 3.40. The zero-order chi connectivity index (χ0) is 16.7. The van der Waals surface area contributed by atoms with Crippen LogP contribution in [-0.2, 0) is 4.79 Å². The molecular formula is C19H29ClN2O2. The summed E-state index contributed by atoms with van der Waals surface area (Å²) in [6.45, 7) is 2.46. The van der Waals surface area contributed by atoms with E-state index in [1.54, 1.807) is 0 Å². The van der Waals surface area contributed by atoms with Crippen LogP contribution in [0.15, 0.2) is 24.3 Å². The largest absolute Gasteiger partial charge is 0.352 e. The van der Waals surface area contributed by atoms with Gasteiger partial charge in [0.15, 0.2) is 5.78 Å². The van der Waals surface area contributed by atoms with Gasteiger partial charge >= 0.3 is 0 Å². The van der Waals surface area contributed by atoms with Crippen molar-refractivity contribution in [1.29, 1.82) is 0 Å². The lowest BCUT2D eigenvalue weighted by Crippen LogP contribution is -2.45. The smallest absolute Gasteiger partial charge is 0.220 e. The third-order valence-electron chi connectivity index (χ3n) is 4.77. The highest BCUT2D eigenvalue weighted by Gasteiger charge is 2.24. The van der Waals surface area contributed by atoms with Crippen molar-refractivity contribution >= 4 is 24.1 Å². The van der Waals surface area contributed by atoms with Crippen LogP contribution in [0.25, 0.3) is 0 Å². The highest BCUT2D eigenvalue weighted by atomic mass is 35.5. The van der Waals surface area contributed by atoms with E-state index in [0.717, 1.165) is 18.4 Å². The van der Waals surface area contributed by atoms with Gasteiger partial charge in [0.1, 0.15) is 0 Å². The van der Waals surface area contributed by atoms with Crippen LogP contribution in [0.5, 0.6) is 0 Å². The van der Waals surface area contributed by atoms with E-state index < -0.39 is 0 Å². The number of hydrogen-bond acceptors (Lipinski definition) is 3. The van der Waals surface area contributed by atoms with Crippen LogP contribution in [-0.4, -0.2) is 24.3 Å². The molecule has 2 rings (SSSR count). The number of carbonyl (C=O) groups is 2. The summed E-state index contributed by atoms with van der Waals surface area (Å²) in [4.78, 5) is 24.2. The van der Waals surface area contributed by atoms with E-state index in [1.807, 2.05) is 31.2 Å². The third-order valence-corrected chi connectivity index (χ3v) is 4.77. The molecule has 0 saturated heterocycles. The number of rotatable bonds is 7. The Labute approximate surface area is 151 Å². The fourth-order valence-corrected chi connectivity index (χ4v) is 3.30. The predicted molar refractivity (Wildman–Crippen MR) is 99.6 cm³/mol. The molecule has 0 spiro atoms. The van der Waals surface area contributed by atoms with Gasteiger partial charge in [-0.3, -0.25) is 9.59 Å². The average Bonchev–Trinajstić information content (AvgIpc) is 2.59. The van der Waals surface area contributed by atoms with Crippen LogP contribution in [0.2, 0.25) is 0 Å². The molecule has 1 aliphatic rings. The molecule has 0 aromatic heterocycles. The Morgan fingerprint density at radius 3 is 2.33 bits per heavy atom. The molecule has 24 heavy (non-hydrogen) atoms. The van der Waals surface area contributed by atoms with Gasteiger partial charge in [0.2, 0.25) is 5.91 Å². The number of halogens is 1. The number of aryl methyl sites for hydroxylation is 1. The molecule has 0 aliphatic heterocycles. The van der Waals surface area contributed by atoms with Crippen molar-refractivity contribution in [3.05, 3.63) is 35.4 Å². The van der Waals surface area contributed by atoms with Gasteiger partial charge in [0.25, 0.3) is 0 Å². The van der Waals surface area contributed by atoms with Crippen molar-refractivity contribution in [2.45, 2.75) is 57.9 Å². The fourth-order valence-electron chi connectivity index (χ4n) is 3.30. The number of ketones is 1.